The summed E-state index contributed by atoms with van der Waals surface area (Å²) >= 11 is 0. The molecule has 0 aromatic heterocycles. The van der Waals surface area contributed by atoms with Crippen molar-refractivity contribution in [1.82, 2.24) is 4.90 Å². The molecular weight excluding hydrogens is 282 g/mol. The summed E-state index contributed by atoms with van der Waals surface area (Å²) in [7, 11) is 3.55. The van der Waals surface area contributed by atoms with E-state index in [4.69, 9.17) is 14.6 Å². The summed E-state index contributed by atoms with van der Waals surface area (Å²) in [5, 5.41) is 8.97. The predicted molar refractivity (Wildman–Crippen MR) is 86.5 cm³/mol. The Hall–Kier alpha value is -1.75. The number of carboxylic acids is 1. The van der Waals surface area contributed by atoms with Crippen LogP contribution in [0.5, 0.6) is 11.5 Å². The van der Waals surface area contributed by atoms with Crippen molar-refractivity contribution in [2.24, 2.45) is 5.92 Å². The van der Waals surface area contributed by atoms with Crippen LogP contribution in [0.3, 0.4) is 0 Å². The Balaban J connectivity index is 2.70. The molecule has 1 aromatic rings. The third-order valence-corrected chi connectivity index (χ3v) is 3.44. The zero-order valence-corrected chi connectivity index (χ0v) is 14.0. The van der Waals surface area contributed by atoms with E-state index in [2.05, 4.69) is 6.92 Å². The fraction of sp³-hybridized carbons (Fsp3) is 0.588. The SMILES string of the molecule is CCCCOc1cc(CN(C)CC(C)C(=O)O)ccc1OC. The Labute approximate surface area is 132 Å². The lowest BCUT2D eigenvalue weighted by Gasteiger charge is -2.20. The van der Waals surface area contributed by atoms with Gasteiger partial charge in [-0.25, -0.2) is 0 Å². The van der Waals surface area contributed by atoms with Gasteiger partial charge in [-0.15, -0.1) is 0 Å². The highest BCUT2D eigenvalue weighted by atomic mass is 16.5. The number of benzene rings is 1. The summed E-state index contributed by atoms with van der Waals surface area (Å²) in [4.78, 5) is 12.9. The van der Waals surface area contributed by atoms with Crippen LogP contribution in [0.1, 0.15) is 32.3 Å². The largest absolute Gasteiger partial charge is 0.493 e. The number of hydrogen-bond acceptors (Lipinski definition) is 4. The van der Waals surface area contributed by atoms with E-state index in [1.807, 2.05) is 30.1 Å². The molecule has 0 saturated carbocycles. The second kappa shape index (κ2) is 9.30. The standard InChI is InChI=1S/C17H27NO4/c1-5-6-9-22-16-10-14(7-8-15(16)21-4)12-18(3)11-13(2)17(19)20/h7-8,10,13H,5-6,9,11-12H2,1-4H3,(H,19,20). The Morgan fingerprint density at radius 3 is 2.68 bits per heavy atom. The van der Waals surface area contributed by atoms with Crippen LogP contribution in [0, 0.1) is 5.92 Å². The highest BCUT2D eigenvalue weighted by molar-refractivity contribution is 5.69. The highest BCUT2D eigenvalue weighted by Crippen LogP contribution is 2.28. The molecule has 0 aliphatic rings. The van der Waals surface area contributed by atoms with E-state index in [1.165, 1.54) is 0 Å². The first-order valence-corrected chi connectivity index (χ1v) is 7.69. The van der Waals surface area contributed by atoms with E-state index >= 15 is 0 Å². The monoisotopic (exact) mass is 309 g/mol. The first-order chi connectivity index (χ1) is 10.5. The lowest BCUT2D eigenvalue weighted by Crippen LogP contribution is -2.28. The van der Waals surface area contributed by atoms with Crippen LogP contribution in [0.2, 0.25) is 0 Å². The first kappa shape index (κ1) is 18.3. The van der Waals surface area contributed by atoms with Crippen LogP contribution in [0.25, 0.3) is 0 Å². The molecule has 0 spiro atoms. The van der Waals surface area contributed by atoms with Crippen molar-refractivity contribution >= 4 is 5.97 Å². The van der Waals surface area contributed by atoms with Gasteiger partial charge in [-0.1, -0.05) is 26.3 Å². The number of hydrogen-bond donors (Lipinski definition) is 1. The van der Waals surface area contributed by atoms with Gasteiger partial charge in [0.25, 0.3) is 0 Å². The Kier molecular flexibility index (Phi) is 7.74. The van der Waals surface area contributed by atoms with Gasteiger partial charge in [0.05, 0.1) is 19.6 Å². The molecule has 0 saturated heterocycles. The summed E-state index contributed by atoms with van der Waals surface area (Å²) in [6.07, 6.45) is 2.08. The molecule has 5 nitrogen and oxygen atoms in total. The third-order valence-electron chi connectivity index (χ3n) is 3.44. The number of rotatable bonds is 10. The zero-order valence-electron chi connectivity index (χ0n) is 14.0. The molecule has 124 valence electrons. The summed E-state index contributed by atoms with van der Waals surface area (Å²) in [5.74, 6) is 0.309. The molecule has 1 unspecified atom stereocenters. The molecule has 1 atom stereocenters. The van der Waals surface area contributed by atoms with Crippen LogP contribution < -0.4 is 9.47 Å². The molecule has 0 aliphatic carbocycles. The van der Waals surface area contributed by atoms with Crippen molar-refractivity contribution in [1.29, 1.82) is 0 Å². The Morgan fingerprint density at radius 2 is 2.09 bits per heavy atom. The average molecular weight is 309 g/mol. The maximum absolute atomic E-state index is 10.9. The van der Waals surface area contributed by atoms with Gasteiger partial charge in [0.1, 0.15) is 0 Å². The van der Waals surface area contributed by atoms with Gasteiger partial charge in [-0.05, 0) is 31.2 Å². The minimum Gasteiger partial charge on any atom is -0.493 e. The average Bonchev–Trinajstić information content (AvgIpc) is 2.47. The van der Waals surface area contributed by atoms with E-state index in [0.717, 1.165) is 29.9 Å². The molecule has 0 bridgehead atoms. The summed E-state index contributed by atoms with van der Waals surface area (Å²) in [6.45, 7) is 5.68. The van der Waals surface area contributed by atoms with Gasteiger partial charge in [0, 0.05) is 13.1 Å². The number of unbranched alkanes of at least 4 members (excludes halogenated alkanes) is 1. The number of carboxylic acid groups (broad SMARTS) is 1. The van der Waals surface area contributed by atoms with Gasteiger partial charge in [-0.3, -0.25) is 4.79 Å². The molecule has 0 radical (unpaired) electrons. The summed E-state index contributed by atoms with van der Waals surface area (Å²) in [5.41, 5.74) is 1.08. The van der Waals surface area contributed by atoms with Crippen molar-refractivity contribution in [3.8, 4) is 11.5 Å². The fourth-order valence-electron chi connectivity index (χ4n) is 2.18. The predicted octanol–water partition coefficient (Wildman–Crippen LogP) is 3.03. The normalized spacial score (nSPS) is 12.2. The second-order valence-corrected chi connectivity index (χ2v) is 5.62. The molecule has 1 aromatic carbocycles. The highest BCUT2D eigenvalue weighted by Gasteiger charge is 2.14. The fourth-order valence-corrected chi connectivity index (χ4v) is 2.18. The van der Waals surface area contributed by atoms with Crippen molar-refractivity contribution in [2.75, 3.05) is 27.3 Å². The van der Waals surface area contributed by atoms with Gasteiger partial charge < -0.3 is 19.5 Å². The van der Waals surface area contributed by atoms with Gasteiger partial charge in [0.15, 0.2) is 11.5 Å². The van der Waals surface area contributed by atoms with E-state index in [0.29, 0.717) is 19.7 Å². The zero-order chi connectivity index (χ0) is 16.5. The lowest BCUT2D eigenvalue weighted by molar-refractivity contribution is -0.141. The van der Waals surface area contributed by atoms with Crippen molar-refractivity contribution in [2.45, 2.75) is 33.2 Å². The number of aliphatic carboxylic acids is 1. The van der Waals surface area contributed by atoms with Gasteiger partial charge >= 0.3 is 5.97 Å². The molecule has 22 heavy (non-hydrogen) atoms. The van der Waals surface area contributed by atoms with E-state index in [1.54, 1.807) is 14.0 Å². The first-order valence-electron chi connectivity index (χ1n) is 7.69. The van der Waals surface area contributed by atoms with E-state index < -0.39 is 5.97 Å². The van der Waals surface area contributed by atoms with Crippen LogP contribution >= 0.6 is 0 Å². The molecule has 5 heteroatoms. The molecule has 0 fully saturated rings. The Bertz CT molecular complexity index is 476. The van der Waals surface area contributed by atoms with Crippen LogP contribution in [-0.4, -0.2) is 43.3 Å². The van der Waals surface area contributed by atoms with E-state index in [-0.39, 0.29) is 5.92 Å². The smallest absolute Gasteiger partial charge is 0.307 e. The number of nitrogens with zero attached hydrogens (tertiary/aromatic N) is 1. The van der Waals surface area contributed by atoms with Crippen LogP contribution in [0.4, 0.5) is 0 Å². The maximum atomic E-state index is 10.9. The number of methoxy groups -OCH3 is 1. The topological polar surface area (TPSA) is 59.0 Å². The van der Waals surface area contributed by atoms with E-state index in [9.17, 15) is 4.79 Å². The molecule has 0 heterocycles. The van der Waals surface area contributed by atoms with Crippen molar-refractivity contribution in [3.05, 3.63) is 23.8 Å². The molecule has 1 N–H and O–H groups in total. The Morgan fingerprint density at radius 1 is 1.36 bits per heavy atom. The minimum absolute atomic E-state index is 0.386. The summed E-state index contributed by atoms with van der Waals surface area (Å²) in [6, 6.07) is 5.84. The molecule has 1 rings (SSSR count). The minimum atomic E-state index is -0.773. The van der Waals surface area contributed by atoms with Crippen molar-refractivity contribution in [3.63, 3.8) is 0 Å². The lowest BCUT2D eigenvalue weighted by atomic mass is 10.1. The second-order valence-electron chi connectivity index (χ2n) is 5.62. The number of carbonyl (C=O) groups is 1. The quantitative estimate of drug-likeness (QED) is 0.673. The van der Waals surface area contributed by atoms with Crippen molar-refractivity contribution < 1.29 is 19.4 Å². The van der Waals surface area contributed by atoms with Gasteiger partial charge in [0.2, 0.25) is 0 Å². The molecule has 0 amide bonds. The van der Waals surface area contributed by atoms with Gasteiger partial charge in [-0.2, -0.15) is 0 Å². The summed E-state index contributed by atoms with van der Waals surface area (Å²) < 4.78 is 11.1. The maximum Gasteiger partial charge on any atom is 0.307 e. The molecular formula is C17H27NO4. The van der Waals surface area contributed by atoms with Crippen LogP contribution in [0.15, 0.2) is 18.2 Å². The third kappa shape index (κ3) is 5.93. The van der Waals surface area contributed by atoms with Crippen LogP contribution in [-0.2, 0) is 11.3 Å². The molecule has 0 aliphatic heterocycles. The number of ether oxygens (including phenoxy) is 2.